The fourth-order valence-electron chi connectivity index (χ4n) is 2.49. The van der Waals surface area contributed by atoms with Crippen molar-refractivity contribution in [2.45, 2.75) is 59.2 Å². The monoisotopic (exact) mass is 479 g/mol. The van der Waals surface area contributed by atoms with Gasteiger partial charge in [0.25, 0.3) is 11.8 Å². The first-order valence-corrected chi connectivity index (χ1v) is 10.5. The van der Waals surface area contributed by atoms with Crippen LogP contribution in [0.25, 0.3) is 0 Å². The number of hydroxylamine groups is 2. The maximum Gasteiger partial charge on any atom is 0.378 e. The van der Waals surface area contributed by atoms with E-state index in [4.69, 9.17) is 19.0 Å². The SMILES string of the molecule is C=C(/C=C\C=C/C)[C@H](OC(=O)C[C@H](OC(C)=O)C(=O)OCC(C)C)C(=O)ON1C(=O)CCC1=O. The molecular formula is C23H29NO10. The van der Waals surface area contributed by atoms with Gasteiger partial charge in [-0.15, -0.1) is 5.06 Å². The Morgan fingerprint density at radius 1 is 1.03 bits per heavy atom. The van der Waals surface area contributed by atoms with Gasteiger partial charge in [0.15, 0.2) is 0 Å². The van der Waals surface area contributed by atoms with Gasteiger partial charge in [0, 0.05) is 19.8 Å². The average molecular weight is 479 g/mol. The Kier molecular flexibility index (Phi) is 11.4. The van der Waals surface area contributed by atoms with Crippen molar-refractivity contribution in [1.29, 1.82) is 0 Å². The van der Waals surface area contributed by atoms with Crippen molar-refractivity contribution in [1.82, 2.24) is 5.06 Å². The van der Waals surface area contributed by atoms with Gasteiger partial charge in [-0.1, -0.05) is 44.7 Å². The number of nitrogens with zero attached hydrogens (tertiary/aromatic N) is 1. The summed E-state index contributed by atoms with van der Waals surface area (Å²) in [5.74, 6) is -5.60. The topological polar surface area (TPSA) is 143 Å². The third kappa shape index (κ3) is 9.39. The summed E-state index contributed by atoms with van der Waals surface area (Å²) in [6, 6.07) is 0. The number of carbonyl (C=O) groups is 6. The van der Waals surface area contributed by atoms with E-state index in [2.05, 4.69) is 6.58 Å². The fraction of sp³-hybridized carbons (Fsp3) is 0.478. The number of hydrogen-bond donors (Lipinski definition) is 0. The first-order chi connectivity index (χ1) is 16.0. The van der Waals surface area contributed by atoms with Crippen molar-refractivity contribution in [3.8, 4) is 0 Å². The zero-order valence-electron chi connectivity index (χ0n) is 19.6. The van der Waals surface area contributed by atoms with Gasteiger partial charge in [-0.05, 0) is 18.4 Å². The first kappa shape index (κ1) is 28.3. The summed E-state index contributed by atoms with van der Waals surface area (Å²) in [4.78, 5) is 77.1. The molecule has 0 aromatic rings. The highest BCUT2D eigenvalue weighted by Crippen LogP contribution is 2.17. The highest BCUT2D eigenvalue weighted by atomic mass is 16.7. The minimum atomic E-state index is -1.75. The van der Waals surface area contributed by atoms with Crippen molar-refractivity contribution in [2.24, 2.45) is 5.92 Å². The van der Waals surface area contributed by atoms with Crippen LogP contribution < -0.4 is 0 Å². The third-order valence-corrected chi connectivity index (χ3v) is 4.08. The van der Waals surface area contributed by atoms with E-state index in [0.717, 1.165) is 6.92 Å². The van der Waals surface area contributed by atoms with Gasteiger partial charge in [0.1, 0.15) is 0 Å². The number of imide groups is 1. The van der Waals surface area contributed by atoms with Gasteiger partial charge < -0.3 is 19.0 Å². The normalized spacial score (nSPS) is 15.5. The van der Waals surface area contributed by atoms with Crippen molar-refractivity contribution >= 4 is 35.7 Å². The summed E-state index contributed by atoms with van der Waals surface area (Å²) in [6.45, 7) is 10.1. The van der Waals surface area contributed by atoms with Crippen LogP contribution in [0.2, 0.25) is 0 Å². The predicted molar refractivity (Wildman–Crippen MR) is 116 cm³/mol. The summed E-state index contributed by atoms with van der Waals surface area (Å²) in [6.07, 6.45) is 1.81. The molecule has 2 amide bonds. The summed E-state index contributed by atoms with van der Waals surface area (Å²) >= 11 is 0. The summed E-state index contributed by atoms with van der Waals surface area (Å²) < 4.78 is 15.0. The van der Waals surface area contributed by atoms with E-state index >= 15 is 0 Å². The molecular weight excluding hydrogens is 450 g/mol. The lowest BCUT2D eigenvalue weighted by Gasteiger charge is -2.21. The van der Waals surface area contributed by atoms with Crippen molar-refractivity contribution in [2.75, 3.05) is 6.61 Å². The van der Waals surface area contributed by atoms with Crippen LogP contribution in [-0.4, -0.2) is 59.6 Å². The lowest BCUT2D eigenvalue weighted by atomic mass is 10.1. The lowest BCUT2D eigenvalue weighted by Crippen LogP contribution is -2.40. The summed E-state index contributed by atoms with van der Waals surface area (Å²) in [5, 5.41) is 0.303. The van der Waals surface area contributed by atoms with Gasteiger partial charge in [-0.25, -0.2) is 9.59 Å². The Morgan fingerprint density at radius 2 is 1.65 bits per heavy atom. The molecule has 1 rings (SSSR count). The number of allylic oxidation sites excluding steroid dienone is 3. The van der Waals surface area contributed by atoms with Crippen LogP contribution >= 0.6 is 0 Å². The minimum absolute atomic E-state index is 0.00341. The van der Waals surface area contributed by atoms with E-state index in [1.54, 1.807) is 32.9 Å². The van der Waals surface area contributed by atoms with Gasteiger partial charge in [0.2, 0.25) is 12.2 Å². The van der Waals surface area contributed by atoms with E-state index in [0.29, 0.717) is 5.06 Å². The number of ether oxygens (including phenoxy) is 3. The zero-order chi connectivity index (χ0) is 25.8. The van der Waals surface area contributed by atoms with Crippen LogP contribution in [0.1, 0.15) is 47.0 Å². The van der Waals surface area contributed by atoms with Crippen LogP contribution in [0.15, 0.2) is 36.5 Å². The maximum absolute atomic E-state index is 12.6. The molecule has 0 aliphatic carbocycles. The molecule has 0 spiro atoms. The molecule has 34 heavy (non-hydrogen) atoms. The highest BCUT2D eigenvalue weighted by molar-refractivity contribution is 6.02. The molecule has 1 aliphatic rings. The molecule has 0 unspecified atom stereocenters. The molecule has 0 radical (unpaired) electrons. The second kappa shape index (κ2) is 13.7. The molecule has 1 saturated heterocycles. The second-order valence-electron chi connectivity index (χ2n) is 7.65. The zero-order valence-corrected chi connectivity index (χ0v) is 19.6. The summed E-state index contributed by atoms with van der Waals surface area (Å²) in [5.41, 5.74) is -0.0398. The number of esters is 3. The first-order valence-electron chi connectivity index (χ1n) is 10.5. The van der Waals surface area contributed by atoms with E-state index in [-0.39, 0.29) is 30.9 Å². The lowest BCUT2D eigenvalue weighted by molar-refractivity contribution is -0.204. The molecule has 0 N–H and O–H groups in total. The number of amides is 2. The molecule has 0 aromatic heterocycles. The Balaban J connectivity index is 3.00. The van der Waals surface area contributed by atoms with Crippen LogP contribution in [0.3, 0.4) is 0 Å². The maximum atomic E-state index is 12.6. The highest BCUT2D eigenvalue weighted by Gasteiger charge is 2.37. The minimum Gasteiger partial charge on any atom is -0.463 e. The van der Waals surface area contributed by atoms with Crippen LogP contribution in [0.5, 0.6) is 0 Å². The average Bonchev–Trinajstić information content (AvgIpc) is 3.06. The Morgan fingerprint density at radius 3 is 2.18 bits per heavy atom. The van der Waals surface area contributed by atoms with Crippen LogP contribution in [0.4, 0.5) is 0 Å². The van der Waals surface area contributed by atoms with E-state index in [1.807, 2.05) is 0 Å². The van der Waals surface area contributed by atoms with Gasteiger partial charge in [-0.3, -0.25) is 19.2 Å². The van der Waals surface area contributed by atoms with E-state index < -0.39 is 54.3 Å². The molecule has 0 bridgehead atoms. The molecule has 1 aliphatic heterocycles. The Hall–Kier alpha value is -3.76. The van der Waals surface area contributed by atoms with Crippen molar-refractivity contribution in [3.63, 3.8) is 0 Å². The molecule has 11 nitrogen and oxygen atoms in total. The smallest absolute Gasteiger partial charge is 0.378 e. The standard InChI is InChI=1S/C23H29NO10/c1-6-7-8-9-15(4)21(23(30)34-24-18(26)10-11-19(24)27)33-20(28)12-17(32-16(5)25)22(29)31-13-14(2)3/h6-9,14,17,21H,4,10-13H2,1-3,5H3/b7-6-,9-8-/t17-,21-/m0/s1. The largest absolute Gasteiger partial charge is 0.463 e. The molecule has 0 saturated carbocycles. The molecule has 1 heterocycles. The van der Waals surface area contributed by atoms with Crippen LogP contribution in [-0.2, 0) is 47.8 Å². The molecule has 2 atom stereocenters. The number of rotatable bonds is 12. The van der Waals surface area contributed by atoms with Crippen molar-refractivity contribution < 1.29 is 47.8 Å². The van der Waals surface area contributed by atoms with E-state index in [1.165, 1.54) is 12.2 Å². The number of hydrogen-bond acceptors (Lipinski definition) is 10. The molecule has 11 heteroatoms. The molecule has 186 valence electrons. The Labute approximate surface area is 197 Å². The van der Waals surface area contributed by atoms with Crippen LogP contribution in [0, 0.1) is 5.92 Å². The molecule has 1 fully saturated rings. The summed E-state index contributed by atoms with van der Waals surface area (Å²) in [7, 11) is 0. The fourth-order valence-corrected chi connectivity index (χ4v) is 2.49. The van der Waals surface area contributed by atoms with Gasteiger partial charge in [0.05, 0.1) is 13.0 Å². The third-order valence-electron chi connectivity index (χ3n) is 4.08. The van der Waals surface area contributed by atoms with E-state index in [9.17, 15) is 28.8 Å². The van der Waals surface area contributed by atoms with Gasteiger partial charge >= 0.3 is 23.9 Å². The van der Waals surface area contributed by atoms with Crippen molar-refractivity contribution in [3.05, 3.63) is 36.5 Å². The van der Waals surface area contributed by atoms with Gasteiger partial charge in [-0.2, -0.15) is 0 Å². The number of carbonyl (C=O) groups excluding carboxylic acids is 6. The quantitative estimate of drug-likeness (QED) is 0.176. The predicted octanol–water partition coefficient (Wildman–Crippen LogP) is 1.71. The molecule has 0 aromatic carbocycles. The second-order valence-corrected chi connectivity index (χ2v) is 7.65. The Bertz CT molecular complexity index is 870.